The molecule has 4 fully saturated rings. The summed E-state index contributed by atoms with van der Waals surface area (Å²) >= 11 is 0. The minimum atomic E-state index is 0.219. The van der Waals surface area contributed by atoms with E-state index in [1.807, 2.05) is 0 Å². The summed E-state index contributed by atoms with van der Waals surface area (Å²) in [4.78, 5) is 0. The number of nitrogens with one attached hydrogen (secondary N) is 1. The maximum Gasteiger partial charge on any atom is 0.0443 e. The number of hydrogen-bond acceptors (Lipinski definition) is 7. The summed E-state index contributed by atoms with van der Waals surface area (Å²) in [7, 11) is 0. The molecule has 4 rings (SSSR count). The third-order valence-electron chi connectivity index (χ3n) is 13.2. The molecule has 7 heteroatoms. The zero-order valence-electron chi connectivity index (χ0n) is 32.5. The molecular weight excluding hydrogens is 596 g/mol. The molecular formula is C41H86N4O3. The molecule has 7 nitrogen and oxygen atoms in total. The molecule has 8 atom stereocenters. The summed E-state index contributed by atoms with van der Waals surface area (Å²) in [6.45, 7) is 15.4. The fraction of sp³-hybridized carbons (Fsp3) is 1.00. The van der Waals surface area contributed by atoms with Gasteiger partial charge < -0.3 is 37.8 Å². The van der Waals surface area contributed by atoms with E-state index in [-0.39, 0.29) is 19.8 Å². The zero-order chi connectivity index (χ0) is 35.7. The second kappa shape index (κ2) is 27.4. The van der Waals surface area contributed by atoms with Gasteiger partial charge in [0, 0.05) is 19.8 Å². The van der Waals surface area contributed by atoms with Crippen molar-refractivity contribution in [3.05, 3.63) is 0 Å². The van der Waals surface area contributed by atoms with Crippen LogP contribution in [0.2, 0.25) is 0 Å². The molecule has 0 aromatic heterocycles. The molecule has 0 saturated heterocycles. The van der Waals surface area contributed by atoms with E-state index < -0.39 is 0 Å². The van der Waals surface area contributed by atoms with Crippen molar-refractivity contribution in [2.75, 3.05) is 52.5 Å². The molecule has 0 radical (unpaired) electrons. The van der Waals surface area contributed by atoms with Crippen LogP contribution in [0.1, 0.15) is 163 Å². The summed E-state index contributed by atoms with van der Waals surface area (Å²) in [6.07, 6.45) is 29.0. The minimum absolute atomic E-state index is 0.219. The molecule has 0 heterocycles. The Kier molecular flexibility index (Phi) is 26.1. The van der Waals surface area contributed by atoms with Crippen LogP contribution in [-0.2, 0) is 0 Å². The third-order valence-corrected chi connectivity index (χ3v) is 13.2. The molecule has 0 aromatic carbocycles. The number of hydrogen-bond donors (Lipinski definition) is 7. The molecule has 4 saturated carbocycles. The van der Waals surface area contributed by atoms with Crippen LogP contribution < -0.4 is 22.5 Å². The average Bonchev–Trinajstić information content (AvgIpc) is 3.44. The molecule has 48 heavy (non-hydrogen) atoms. The Balaban J connectivity index is 0.000000643. The fourth-order valence-corrected chi connectivity index (χ4v) is 10.4. The van der Waals surface area contributed by atoms with Gasteiger partial charge in [0.25, 0.3) is 0 Å². The maximum absolute atomic E-state index is 7.99. The molecule has 0 aliphatic heterocycles. The Morgan fingerprint density at radius 3 is 1.79 bits per heavy atom. The van der Waals surface area contributed by atoms with Crippen molar-refractivity contribution >= 4 is 0 Å². The second-order valence-electron chi connectivity index (χ2n) is 16.4. The molecule has 0 amide bonds. The number of nitrogens with two attached hydrogens (primary N) is 3. The number of fused-ring (bicyclic) bond motifs is 5. The van der Waals surface area contributed by atoms with Crippen molar-refractivity contribution in [2.45, 2.75) is 163 Å². The van der Waals surface area contributed by atoms with Gasteiger partial charge in [-0.05, 0) is 169 Å². The van der Waals surface area contributed by atoms with Crippen molar-refractivity contribution in [1.29, 1.82) is 0 Å². The Bertz CT molecular complexity index is 724. The van der Waals surface area contributed by atoms with E-state index in [0.717, 1.165) is 54.8 Å². The molecule has 10 N–H and O–H groups in total. The SMILES string of the molecule is CCCCCCCCNCCC[C@@H](C)C1CCC2C3CCC4CCCCC4(C)C3CCC21C.NCCCO.NCCCO.NCCCO. The predicted octanol–water partition coefficient (Wildman–Crippen LogP) is 7.38. The summed E-state index contributed by atoms with van der Waals surface area (Å²) in [5.41, 5.74) is 16.3. The van der Waals surface area contributed by atoms with E-state index in [1.54, 1.807) is 44.9 Å². The van der Waals surface area contributed by atoms with Crippen LogP contribution in [0.5, 0.6) is 0 Å². The minimum Gasteiger partial charge on any atom is -0.396 e. The maximum atomic E-state index is 7.99. The topological polar surface area (TPSA) is 151 Å². The number of unbranched alkanes of at least 4 members (excludes halogenated alkanes) is 5. The summed E-state index contributed by atoms with van der Waals surface area (Å²) in [6, 6.07) is 0. The van der Waals surface area contributed by atoms with Gasteiger partial charge in [0.05, 0.1) is 0 Å². The van der Waals surface area contributed by atoms with E-state index in [0.29, 0.717) is 30.5 Å². The normalized spacial score (nSPS) is 31.0. The molecule has 0 aromatic rings. The van der Waals surface area contributed by atoms with Crippen LogP contribution in [0, 0.1) is 46.3 Å². The van der Waals surface area contributed by atoms with Crippen molar-refractivity contribution in [3.8, 4) is 0 Å². The lowest BCUT2D eigenvalue weighted by Crippen LogP contribution is -2.53. The molecule has 288 valence electrons. The lowest BCUT2D eigenvalue weighted by molar-refractivity contribution is -0.114. The van der Waals surface area contributed by atoms with Crippen molar-refractivity contribution in [2.24, 2.45) is 63.5 Å². The first kappa shape index (κ1) is 45.7. The third kappa shape index (κ3) is 15.1. The van der Waals surface area contributed by atoms with Crippen molar-refractivity contribution in [3.63, 3.8) is 0 Å². The quantitative estimate of drug-likeness (QED) is 0.0745. The standard InChI is InChI=1S/C32H59N.3C3H9NO/c1-5-6-7-8-9-12-23-33-24-13-14-25(2)28-18-19-29-27-17-16-26-15-10-11-21-31(26,3)30(27)20-22-32(28,29)4;3*4-2-1-3-5/h25-30,33H,5-24H2,1-4H3;3*5H,1-4H2/t25-,26?,27?,28?,29?,30?,31?,32?;;;/m1.../s1. The van der Waals surface area contributed by atoms with Crippen LogP contribution >= 0.6 is 0 Å². The van der Waals surface area contributed by atoms with Gasteiger partial charge in [-0.25, -0.2) is 0 Å². The van der Waals surface area contributed by atoms with E-state index in [2.05, 4.69) is 33.0 Å². The van der Waals surface area contributed by atoms with Crippen LogP contribution in [0.15, 0.2) is 0 Å². The Labute approximate surface area is 298 Å². The highest BCUT2D eigenvalue weighted by Crippen LogP contribution is 2.68. The molecule has 4 aliphatic rings. The van der Waals surface area contributed by atoms with Gasteiger partial charge in [0.2, 0.25) is 0 Å². The van der Waals surface area contributed by atoms with Gasteiger partial charge in [0.15, 0.2) is 0 Å². The first-order valence-electron chi connectivity index (χ1n) is 20.9. The van der Waals surface area contributed by atoms with Gasteiger partial charge >= 0.3 is 0 Å². The van der Waals surface area contributed by atoms with E-state index in [9.17, 15) is 0 Å². The first-order chi connectivity index (χ1) is 23.2. The van der Waals surface area contributed by atoms with Crippen molar-refractivity contribution < 1.29 is 15.3 Å². The zero-order valence-corrected chi connectivity index (χ0v) is 32.5. The van der Waals surface area contributed by atoms with Crippen LogP contribution in [0.25, 0.3) is 0 Å². The largest absolute Gasteiger partial charge is 0.396 e. The predicted molar refractivity (Wildman–Crippen MR) is 207 cm³/mol. The van der Waals surface area contributed by atoms with E-state index in [4.69, 9.17) is 32.5 Å². The smallest absolute Gasteiger partial charge is 0.0443 e. The van der Waals surface area contributed by atoms with Gasteiger partial charge in [-0.3, -0.25) is 0 Å². The highest BCUT2D eigenvalue weighted by Gasteiger charge is 2.60. The summed E-state index contributed by atoms with van der Waals surface area (Å²) in [5.74, 6) is 6.17. The lowest BCUT2D eigenvalue weighted by atomic mass is 9.44. The average molecular weight is 683 g/mol. The van der Waals surface area contributed by atoms with Gasteiger partial charge in [0.1, 0.15) is 0 Å². The Morgan fingerprint density at radius 2 is 1.21 bits per heavy atom. The number of aliphatic hydroxyl groups is 3. The molecule has 0 bridgehead atoms. The molecule has 7 unspecified atom stereocenters. The van der Waals surface area contributed by atoms with Crippen LogP contribution in [-0.4, -0.2) is 67.9 Å². The summed E-state index contributed by atoms with van der Waals surface area (Å²) in [5, 5.41) is 27.7. The highest BCUT2D eigenvalue weighted by molar-refractivity contribution is 5.09. The van der Waals surface area contributed by atoms with E-state index in [1.165, 1.54) is 83.7 Å². The number of aliphatic hydroxyl groups excluding tert-OH is 3. The molecule has 4 aliphatic carbocycles. The van der Waals surface area contributed by atoms with Crippen molar-refractivity contribution in [1.82, 2.24) is 5.32 Å². The second-order valence-corrected chi connectivity index (χ2v) is 16.4. The van der Waals surface area contributed by atoms with E-state index >= 15 is 0 Å². The number of rotatable bonds is 18. The van der Waals surface area contributed by atoms with Crippen LogP contribution in [0.3, 0.4) is 0 Å². The molecule has 0 spiro atoms. The summed E-state index contributed by atoms with van der Waals surface area (Å²) < 4.78 is 0. The van der Waals surface area contributed by atoms with Gasteiger partial charge in [-0.1, -0.05) is 72.6 Å². The monoisotopic (exact) mass is 683 g/mol. The highest BCUT2D eigenvalue weighted by atomic mass is 16.3. The fourth-order valence-electron chi connectivity index (χ4n) is 10.4. The Morgan fingerprint density at radius 1 is 0.625 bits per heavy atom. The van der Waals surface area contributed by atoms with Crippen LogP contribution in [0.4, 0.5) is 0 Å². The lowest BCUT2D eigenvalue weighted by Gasteiger charge is -2.61. The Hall–Kier alpha value is -0.280. The van der Waals surface area contributed by atoms with Gasteiger partial charge in [-0.15, -0.1) is 0 Å². The first-order valence-corrected chi connectivity index (χ1v) is 20.9. The van der Waals surface area contributed by atoms with Gasteiger partial charge in [-0.2, -0.15) is 0 Å².